The summed E-state index contributed by atoms with van der Waals surface area (Å²) in [4.78, 5) is 17.4. The summed E-state index contributed by atoms with van der Waals surface area (Å²) in [5.41, 5.74) is 1.63. The van der Waals surface area contributed by atoms with Gasteiger partial charge in [0.25, 0.3) is 0 Å². The summed E-state index contributed by atoms with van der Waals surface area (Å²) in [6, 6.07) is 7.63. The van der Waals surface area contributed by atoms with E-state index >= 15 is 0 Å². The zero-order valence-electron chi connectivity index (χ0n) is 12.7. The lowest BCUT2D eigenvalue weighted by atomic mass is 9.96. The topological polar surface area (TPSA) is 71.3 Å². The van der Waals surface area contributed by atoms with Crippen LogP contribution in [0.3, 0.4) is 0 Å². The molecule has 0 amide bonds. The predicted molar refractivity (Wildman–Crippen MR) is 87.3 cm³/mol. The van der Waals surface area contributed by atoms with Gasteiger partial charge in [-0.05, 0) is 38.4 Å². The highest BCUT2D eigenvalue weighted by molar-refractivity contribution is 5.96. The Labute approximate surface area is 129 Å². The Hall–Kier alpha value is -2.21. The van der Waals surface area contributed by atoms with Crippen LogP contribution in [0.25, 0.3) is 10.9 Å². The van der Waals surface area contributed by atoms with Gasteiger partial charge in [-0.25, -0.2) is 4.98 Å². The smallest absolute Gasteiger partial charge is 0.311 e. The third-order valence-corrected chi connectivity index (χ3v) is 4.35. The number of nitrogens with zero attached hydrogens (tertiary/aromatic N) is 3. The maximum absolute atomic E-state index is 11.4. The van der Waals surface area contributed by atoms with Crippen molar-refractivity contribution in [3.63, 3.8) is 0 Å². The molecule has 1 aliphatic rings. The fraction of sp³-hybridized carbons (Fsp3) is 0.438. The number of anilines is 1. The highest BCUT2D eigenvalue weighted by atomic mass is 16.6. The van der Waals surface area contributed by atoms with E-state index in [9.17, 15) is 10.1 Å². The maximum Gasteiger partial charge on any atom is 0.311 e. The summed E-state index contributed by atoms with van der Waals surface area (Å²) in [5, 5.41) is 15.5. The number of piperidine rings is 1. The molecule has 0 bridgehead atoms. The molecule has 1 aromatic heterocycles. The number of aromatic nitrogens is 1. The first-order valence-corrected chi connectivity index (χ1v) is 7.62. The van der Waals surface area contributed by atoms with Crippen LogP contribution in [-0.2, 0) is 0 Å². The molecule has 6 nitrogen and oxygen atoms in total. The van der Waals surface area contributed by atoms with E-state index in [-0.39, 0.29) is 10.6 Å². The molecule has 2 heterocycles. The van der Waals surface area contributed by atoms with Gasteiger partial charge in [-0.2, -0.15) is 0 Å². The molecule has 0 unspecified atom stereocenters. The van der Waals surface area contributed by atoms with E-state index in [1.54, 1.807) is 0 Å². The maximum atomic E-state index is 11.4. The second-order valence-electron chi connectivity index (χ2n) is 5.75. The van der Waals surface area contributed by atoms with Crippen molar-refractivity contribution in [1.82, 2.24) is 10.3 Å². The van der Waals surface area contributed by atoms with Crippen LogP contribution in [0, 0.1) is 16.0 Å². The molecule has 1 fully saturated rings. The first kappa shape index (κ1) is 14.7. The fourth-order valence-corrected chi connectivity index (χ4v) is 3.23. The van der Waals surface area contributed by atoms with Crippen LogP contribution in [0.5, 0.6) is 0 Å². The van der Waals surface area contributed by atoms with Gasteiger partial charge in [-0.3, -0.25) is 10.1 Å². The Morgan fingerprint density at radius 3 is 2.77 bits per heavy atom. The molecular weight excluding hydrogens is 280 g/mol. The van der Waals surface area contributed by atoms with Crippen molar-refractivity contribution in [1.29, 1.82) is 0 Å². The molecule has 1 saturated heterocycles. The van der Waals surface area contributed by atoms with Crippen molar-refractivity contribution in [3.05, 3.63) is 40.6 Å². The van der Waals surface area contributed by atoms with E-state index in [2.05, 4.69) is 15.2 Å². The predicted octanol–water partition coefficient (Wildman–Crippen LogP) is 2.58. The molecule has 0 spiro atoms. The van der Waals surface area contributed by atoms with Crippen LogP contribution in [0.4, 0.5) is 11.4 Å². The van der Waals surface area contributed by atoms with Crippen molar-refractivity contribution >= 4 is 22.3 Å². The Balaban J connectivity index is 1.98. The van der Waals surface area contributed by atoms with Crippen LogP contribution in [0.2, 0.25) is 0 Å². The van der Waals surface area contributed by atoms with Gasteiger partial charge in [0.05, 0.1) is 10.4 Å². The first-order chi connectivity index (χ1) is 10.7. The number of benzene rings is 1. The normalized spacial score (nSPS) is 16.1. The molecule has 0 radical (unpaired) electrons. The highest BCUT2D eigenvalue weighted by Gasteiger charge is 2.27. The van der Waals surface area contributed by atoms with Gasteiger partial charge < -0.3 is 10.2 Å². The average molecular weight is 300 g/mol. The molecule has 0 atom stereocenters. The van der Waals surface area contributed by atoms with Crippen molar-refractivity contribution < 1.29 is 4.92 Å². The summed E-state index contributed by atoms with van der Waals surface area (Å²) in [6.07, 6.45) is 3.49. The van der Waals surface area contributed by atoms with Gasteiger partial charge in [-0.1, -0.05) is 18.2 Å². The van der Waals surface area contributed by atoms with E-state index in [0.717, 1.165) is 49.1 Å². The molecule has 1 aromatic carbocycles. The van der Waals surface area contributed by atoms with Gasteiger partial charge in [0.15, 0.2) is 0 Å². The number of rotatable bonds is 4. The van der Waals surface area contributed by atoms with E-state index < -0.39 is 0 Å². The van der Waals surface area contributed by atoms with Crippen LogP contribution in [-0.4, -0.2) is 36.6 Å². The van der Waals surface area contributed by atoms with Crippen LogP contribution in [0.15, 0.2) is 30.5 Å². The lowest BCUT2D eigenvalue weighted by Gasteiger charge is -2.33. The molecule has 116 valence electrons. The van der Waals surface area contributed by atoms with Crippen molar-refractivity contribution in [2.45, 2.75) is 12.8 Å². The monoisotopic (exact) mass is 300 g/mol. The number of nitrogens with one attached hydrogen (secondary N) is 1. The number of pyridine rings is 1. The summed E-state index contributed by atoms with van der Waals surface area (Å²) in [7, 11) is 1.97. The van der Waals surface area contributed by atoms with Crippen molar-refractivity contribution in [3.8, 4) is 0 Å². The molecule has 2 aromatic rings. The first-order valence-electron chi connectivity index (χ1n) is 7.62. The zero-order chi connectivity index (χ0) is 15.5. The largest absolute Gasteiger partial charge is 0.365 e. The van der Waals surface area contributed by atoms with Crippen LogP contribution in [0.1, 0.15) is 12.8 Å². The molecule has 6 heteroatoms. The van der Waals surface area contributed by atoms with Gasteiger partial charge in [0.1, 0.15) is 11.9 Å². The van der Waals surface area contributed by atoms with Crippen LogP contribution >= 0.6 is 0 Å². The van der Waals surface area contributed by atoms with Gasteiger partial charge in [0.2, 0.25) is 0 Å². The number of hydrogen-bond donors (Lipinski definition) is 1. The van der Waals surface area contributed by atoms with Gasteiger partial charge in [0, 0.05) is 18.5 Å². The number of fused-ring (bicyclic) bond motifs is 1. The highest BCUT2D eigenvalue weighted by Crippen LogP contribution is 2.36. The van der Waals surface area contributed by atoms with E-state index in [1.807, 2.05) is 31.3 Å². The fourth-order valence-electron chi connectivity index (χ4n) is 3.23. The average Bonchev–Trinajstić information content (AvgIpc) is 2.55. The van der Waals surface area contributed by atoms with E-state index in [1.165, 1.54) is 6.20 Å². The minimum absolute atomic E-state index is 0.103. The molecular formula is C16H20N4O2. The molecule has 0 saturated carbocycles. The van der Waals surface area contributed by atoms with Gasteiger partial charge in [-0.15, -0.1) is 0 Å². The second-order valence-corrected chi connectivity index (χ2v) is 5.75. The molecule has 1 aliphatic heterocycles. The quantitative estimate of drug-likeness (QED) is 0.694. The van der Waals surface area contributed by atoms with Crippen LogP contribution < -0.4 is 10.2 Å². The minimum atomic E-state index is -0.325. The Morgan fingerprint density at radius 2 is 2.09 bits per heavy atom. The molecule has 22 heavy (non-hydrogen) atoms. The number of nitro groups is 1. The Bertz CT molecular complexity index is 681. The summed E-state index contributed by atoms with van der Waals surface area (Å²) in [5.74, 6) is 0.647. The Morgan fingerprint density at radius 1 is 1.36 bits per heavy atom. The summed E-state index contributed by atoms with van der Waals surface area (Å²) >= 11 is 0. The standard InChI is InChI=1S/C16H20N4O2/c1-17-10-12-6-8-19(9-7-12)16-13-4-2-3-5-14(13)18-11-15(16)20(21)22/h2-5,11-12,17H,6-10H2,1H3. The zero-order valence-corrected chi connectivity index (χ0v) is 12.7. The molecule has 0 aliphatic carbocycles. The molecule has 3 rings (SSSR count). The third kappa shape index (κ3) is 2.74. The SMILES string of the molecule is CNCC1CCN(c2c([N+](=O)[O-])cnc3ccccc23)CC1. The number of hydrogen-bond acceptors (Lipinski definition) is 5. The lowest BCUT2D eigenvalue weighted by molar-refractivity contribution is -0.384. The van der Waals surface area contributed by atoms with Crippen molar-refractivity contribution in [2.24, 2.45) is 5.92 Å². The summed E-state index contributed by atoms with van der Waals surface area (Å²) in [6.45, 7) is 2.70. The minimum Gasteiger partial charge on any atom is -0.365 e. The van der Waals surface area contributed by atoms with Crippen molar-refractivity contribution in [2.75, 3.05) is 31.6 Å². The lowest BCUT2D eigenvalue weighted by Crippen LogP contribution is -2.37. The van der Waals surface area contributed by atoms with E-state index in [0.29, 0.717) is 5.92 Å². The van der Waals surface area contributed by atoms with Gasteiger partial charge >= 0.3 is 5.69 Å². The Kier molecular flexibility index (Phi) is 4.20. The second kappa shape index (κ2) is 6.27. The number of para-hydroxylation sites is 1. The molecule has 1 N–H and O–H groups in total. The summed E-state index contributed by atoms with van der Waals surface area (Å²) < 4.78 is 0. The van der Waals surface area contributed by atoms with E-state index in [4.69, 9.17) is 0 Å². The third-order valence-electron chi connectivity index (χ3n) is 4.35.